The van der Waals surface area contributed by atoms with E-state index >= 15 is 0 Å². The average molecular weight is 298 g/mol. The summed E-state index contributed by atoms with van der Waals surface area (Å²) >= 11 is 6.46. The molecule has 0 spiro atoms. The van der Waals surface area contributed by atoms with Crippen LogP contribution in [0.15, 0.2) is 18.2 Å². The van der Waals surface area contributed by atoms with Gasteiger partial charge < -0.3 is 15.5 Å². The van der Waals surface area contributed by atoms with Crippen molar-refractivity contribution in [3.05, 3.63) is 28.8 Å². The van der Waals surface area contributed by atoms with Crippen LogP contribution < -0.4 is 10.6 Å². The molecular formula is C16H28ClN3. The molecular weight excluding hydrogens is 270 g/mol. The third-order valence-corrected chi connectivity index (χ3v) is 3.54. The molecule has 1 rings (SSSR count). The topological polar surface area (TPSA) is 32.5 Å². The first kappa shape index (κ1) is 17.3. The minimum Gasteiger partial charge on any atom is -0.369 e. The number of likely N-dealkylation sites (N-methyl/N-ethyl adjacent to an activating group) is 1. The van der Waals surface area contributed by atoms with Crippen LogP contribution in [0.4, 0.5) is 5.69 Å². The van der Waals surface area contributed by atoms with E-state index in [2.05, 4.69) is 49.9 Å². The van der Waals surface area contributed by atoms with Gasteiger partial charge in [0.05, 0.1) is 10.7 Å². The molecule has 1 atom stereocenters. The molecule has 0 aromatic heterocycles. The Kier molecular flexibility index (Phi) is 6.80. The standard InChI is InChI=1S/C16H28ClN3/c1-12(2)11-20(9-8-19(4)5)16-7-6-14(13(3)18)10-15(16)17/h6-7,10,12-13H,8-9,11,18H2,1-5H3/t13-/m0/s1. The van der Waals surface area contributed by atoms with Crippen LogP contribution in [0, 0.1) is 5.92 Å². The lowest BCUT2D eigenvalue weighted by atomic mass is 10.1. The summed E-state index contributed by atoms with van der Waals surface area (Å²) in [5, 5.41) is 0.791. The highest BCUT2D eigenvalue weighted by atomic mass is 35.5. The molecule has 114 valence electrons. The molecule has 2 N–H and O–H groups in total. The summed E-state index contributed by atoms with van der Waals surface area (Å²) in [7, 11) is 4.18. The summed E-state index contributed by atoms with van der Waals surface area (Å²) in [5.41, 5.74) is 8.09. The summed E-state index contributed by atoms with van der Waals surface area (Å²) < 4.78 is 0. The molecule has 0 fully saturated rings. The van der Waals surface area contributed by atoms with Gasteiger partial charge in [-0.25, -0.2) is 0 Å². The Morgan fingerprint density at radius 2 is 1.80 bits per heavy atom. The molecule has 0 radical (unpaired) electrons. The van der Waals surface area contributed by atoms with E-state index in [9.17, 15) is 0 Å². The minimum absolute atomic E-state index is 0.0156. The molecule has 0 aliphatic rings. The summed E-state index contributed by atoms with van der Waals surface area (Å²) in [6.07, 6.45) is 0. The van der Waals surface area contributed by atoms with Gasteiger partial charge in [0.25, 0.3) is 0 Å². The van der Waals surface area contributed by atoms with Crippen molar-refractivity contribution in [2.75, 3.05) is 38.6 Å². The van der Waals surface area contributed by atoms with Crippen LogP contribution in [0.3, 0.4) is 0 Å². The first-order valence-corrected chi connectivity index (χ1v) is 7.63. The van der Waals surface area contributed by atoms with E-state index < -0.39 is 0 Å². The molecule has 0 bridgehead atoms. The van der Waals surface area contributed by atoms with E-state index in [1.807, 2.05) is 13.0 Å². The van der Waals surface area contributed by atoms with E-state index in [4.69, 9.17) is 17.3 Å². The number of hydrogen-bond acceptors (Lipinski definition) is 3. The van der Waals surface area contributed by atoms with Crippen LogP contribution in [0.25, 0.3) is 0 Å². The number of nitrogens with two attached hydrogens (primary N) is 1. The molecule has 0 saturated carbocycles. The Hall–Kier alpha value is -0.770. The fourth-order valence-corrected chi connectivity index (χ4v) is 2.44. The molecule has 4 heteroatoms. The van der Waals surface area contributed by atoms with Gasteiger partial charge in [-0.3, -0.25) is 0 Å². The number of nitrogens with zero attached hydrogens (tertiary/aromatic N) is 2. The van der Waals surface area contributed by atoms with Crippen molar-refractivity contribution in [3.8, 4) is 0 Å². The summed E-state index contributed by atoms with van der Waals surface area (Å²) in [6.45, 7) is 9.43. The van der Waals surface area contributed by atoms with Crippen LogP contribution in [0.5, 0.6) is 0 Å². The lowest BCUT2D eigenvalue weighted by molar-refractivity contribution is 0.409. The first-order valence-electron chi connectivity index (χ1n) is 7.26. The highest BCUT2D eigenvalue weighted by Gasteiger charge is 2.13. The van der Waals surface area contributed by atoms with Gasteiger partial charge in [0, 0.05) is 25.7 Å². The number of benzene rings is 1. The van der Waals surface area contributed by atoms with Crippen LogP contribution in [-0.4, -0.2) is 38.6 Å². The van der Waals surface area contributed by atoms with Crippen LogP contribution in [0.1, 0.15) is 32.4 Å². The Balaban J connectivity index is 2.94. The van der Waals surface area contributed by atoms with Gasteiger partial charge in [-0.1, -0.05) is 31.5 Å². The molecule has 0 heterocycles. The number of rotatable bonds is 7. The van der Waals surface area contributed by atoms with E-state index in [1.165, 1.54) is 0 Å². The van der Waals surface area contributed by atoms with E-state index in [0.29, 0.717) is 5.92 Å². The molecule has 0 saturated heterocycles. The molecule has 0 aliphatic heterocycles. The van der Waals surface area contributed by atoms with Gasteiger partial charge in [0.15, 0.2) is 0 Å². The van der Waals surface area contributed by atoms with Crippen molar-refractivity contribution in [1.29, 1.82) is 0 Å². The number of anilines is 1. The Labute approximate surface area is 128 Å². The quantitative estimate of drug-likeness (QED) is 0.837. The molecule has 0 aliphatic carbocycles. The third kappa shape index (κ3) is 5.31. The minimum atomic E-state index is 0.0156. The van der Waals surface area contributed by atoms with Crippen molar-refractivity contribution >= 4 is 17.3 Å². The van der Waals surface area contributed by atoms with E-state index in [-0.39, 0.29) is 6.04 Å². The van der Waals surface area contributed by atoms with Gasteiger partial charge in [0.2, 0.25) is 0 Å². The summed E-state index contributed by atoms with van der Waals surface area (Å²) in [6, 6.07) is 6.18. The van der Waals surface area contributed by atoms with E-state index in [0.717, 1.165) is 35.9 Å². The normalized spacial score (nSPS) is 13.1. The zero-order valence-electron chi connectivity index (χ0n) is 13.4. The fraction of sp³-hybridized carbons (Fsp3) is 0.625. The van der Waals surface area contributed by atoms with Crippen molar-refractivity contribution in [1.82, 2.24) is 4.90 Å². The molecule has 1 aromatic carbocycles. The zero-order valence-corrected chi connectivity index (χ0v) is 14.1. The molecule has 3 nitrogen and oxygen atoms in total. The van der Waals surface area contributed by atoms with Gasteiger partial charge in [0.1, 0.15) is 0 Å². The monoisotopic (exact) mass is 297 g/mol. The maximum Gasteiger partial charge on any atom is 0.0642 e. The van der Waals surface area contributed by atoms with Crippen molar-refractivity contribution in [3.63, 3.8) is 0 Å². The highest BCUT2D eigenvalue weighted by Crippen LogP contribution is 2.29. The van der Waals surface area contributed by atoms with E-state index in [1.54, 1.807) is 0 Å². The lowest BCUT2D eigenvalue weighted by Crippen LogP contribution is -2.34. The van der Waals surface area contributed by atoms with Gasteiger partial charge >= 0.3 is 0 Å². The summed E-state index contributed by atoms with van der Waals surface area (Å²) in [4.78, 5) is 4.55. The Bertz CT molecular complexity index is 416. The molecule has 1 aromatic rings. The maximum absolute atomic E-state index is 6.46. The first-order chi connectivity index (χ1) is 9.31. The smallest absolute Gasteiger partial charge is 0.0642 e. The second-order valence-corrected chi connectivity index (χ2v) is 6.55. The van der Waals surface area contributed by atoms with Gasteiger partial charge in [-0.2, -0.15) is 0 Å². The Morgan fingerprint density at radius 3 is 2.25 bits per heavy atom. The van der Waals surface area contributed by atoms with Crippen LogP contribution in [-0.2, 0) is 0 Å². The molecule has 0 amide bonds. The molecule has 0 unspecified atom stereocenters. The third-order valence-electron chi connectivity index (χ3n) is 3.24. The Morgan fingerprint density at radius 1 is 1.15 bits per heavy atom. The zero-order chi connectivity index (χ0) is 15.3. The predicted molar refractivity (Wildman–Crippen MR) is 89.7 cm³/mol. The van der Waals surface area contributed by atoms with Crippen molar-refractivity contribution in [2.45, 2.75) is 26.8 Å². The second-order valence-electron chi connectivity index (χ2n) is 6.14. The van der Waals surface area contributed by atoms with Crippen LogP contribution >= 0.6 is 11.6 Å². The predicted octanol–water partition coefficient (Wildman–Crippen LogP) is 3.38. The van der Waals surface area contributed by atoms with Gasteiger partial charge in [-0.05, 0) is 44.6 Å². The second kappa shape index (κ2) is 7.87. The maximum atomic E-state index is 6.46. The SMILES string of the molecule is CC(C)CN(CCN(C)C)c1ccc([C@H](C)N)cc1Cl. The highest BCUT2D eigenvalue weighted by molar-refractivity contribution is 6.33. The van der Waals surface area contributed by atoms with Crippen molar-refractivity contribution < 1.29 is 0 Å². The lowest BCUT2D eigenvalue weighted by Gasteiger charge is -2.29. The number of halogens is 1. The van der Waals surface area contributed by atoms with Crippen LogP contribution in [0.2, 0.25) is 5.02 Å². The van der Waals surface area contributed by atoms with Crippen molar-refractivity contribution in [2.24, 2.45) is 11.7 Å². The molecule has 20 heavy (non-hydrogen) atoms. The fourth-order valence-electron chi connectivity index (χ4n) is 2.13. The van der Waals surface area contributed by atoms with Gasteiger partial charge in [-0.15, -0.1) is 0 Å². The largest absolute Gasteiger partial charge is 0.369 e. The average Bonchev–Trinajstić information content (AvgIpc) is 2.33. The number of hydrogen-bond donors (Lipinski definition) is 1. The summed E-state index contributed by atoms with van der Waals surface area (Å²) in [5.74, 6) is 0.598.